The number of unbranched alkanes of at least 4 members (excludes halogenated alkanes) is 3. The predicted octanol–water partition coefficient (Wildman–Crippen LogP) is 4.87. The number of aromatic nitrogens is 2. The first-order chi connectivity index (χ1) is 13.3. The first-order valence-electron chi connectivity index (χ1n) is 9.31. The lowest BCUT2D eigenvalue weighted by molar-refractivity contribution is 0.0600. The first-order valence-corrected chi connectivity index (χ1v) is 9.31. The summed E-state index contributed by atoms with van der Waals surface area (Å²) >= 11 is 0. The predicted molar refractivity (Wildman–Crippen MR) is 103 cm³/mol. The molecule has 140 valence electrons. The van der Waals surface area contributed by atoms with Crippen LogP contribution in [0.5, 0.6) is 0 Å². The third kappa shape index (κ3) is 5.51. The van der Waals surface area contributed by atoms with Crippen molar-refractivity contribution < 1.29 is 13.9 Å². The zero-order valence-corrected chi connectivity index (χ0v) is 15.6. The van der Waals surface area contributed by atoms with E-state index in [1.54, 1.807) is 24.3 Å². The highest BCUT2D eigenvalue weighted by atomic mass is 16.5. The van der Waals surface area contributed by atoms with E-state index in [0.29, 0.717) is 17.3 Å². The summed E-state index contributed by atoms with van der Waals surface area (Å²) in [6.45, 7) is 0. The molecule has 0 spiro atoms. The SMILES string of the molecule is COC(=O)c1ccc(-c2nnc(CCCCCCc3ccccc3)o2)cc1. The summed E-state index contributed by atoms with van der Waals surface area (Å²) < 4.78 is 10.4. The van der Waals surface area contributed by atoms with Crippen LogP contribution < -0.4 is 0 Å². The molecule has 0 N–H and O–H groups in total. The molecule has 27 heavy (non-hydrogen) atoms. The molecule has 3 rings (SSSR count). The quantitative estimate of drug-likeness (QED) is 0.400. The van der Waals surface area contributed by atoms with Crippen molar-refractivity contribution in [3.8, 4) is 11.5 Å². The van der Waals surface area contributed by atoms with Gasteiger partial charge in [0.2, 0.25) is 11.8 Å². The minimum absolute atomic E-state index is 0.361. The summed E-state index contributed by atoms with van der Waals surface area (Å²) in [7, 11) is 1.36. The molecule has 0 fully saturated rings. The minimum Gasteiger partial charge on any atom is -0.465 e. The number of benzene rings is 2. The Bertz CT molecular complexity index is 842. The van der Waals surface area contributed by atoms with Crippen LogP contribution >= 0.6 is 0 Å². The number of rotatable bonds is 9. The Balaban J connectivity index is 1.41. The van der Waals surface area contributed by atoms with Gasteiger partial charge >= 0.3 is 5.97 Å². The average molecular weight is 364 g/mol. The molecule has 0 atom stereocenters. The fraction of sp³-hybridized carbons (Fsp3) is 0.318. The monoisotopic (exact) mass is 364 g/mol. The summed E-state index contributed by atoms with van der Waals surface area (Å²) in [5, 5.41) is 8.23. The molecule has 0 amide bonds. The molecule has 0 unspecified atom stereocenters. The Hall–Kier alpha value is -2.95. The van der Waals surface area contributed by atoms with Crippen molar-refractivity contribution in [2.24, 2.45) is 0 Å². The van der Waals surface area contributed by atoms with Crippen LogP contribution in [0.25, 0.3) is 11.5 Å². The number of esters is 1. The Morgan fingerprint density at radius 1 is 0.889 bits per heavy atom. The highest BCUT2D eigenvalue weighted by Gasteiger charge is 2.10. The largest absolute Gasteiger partial charge is 0.465 e. The Morgan fingerprint density at radius 3 is 2.30 bits per heavy atom. The third-order valence-corrected chi connectivity index (χ3v) is 4.47. The van der Waals surface area contributed by atoms with E-state index < -0.39 is 0 Å². The fourth-order valence-corrected chi connectivity index (χ4v) is 2.94. The van der Waals surface area contributed by atoms with Crippen LogP contribution in [0.2, 0.25) is 0 Å². The van der Waals surface area contributed by atoms with Crippen LogP contribution in [-0.4, -0.2) is 23.3 Å². The molecule has 2 aromatic carbocycles. The smallest absolute Gasteiger partial charge is 0.337 e. The lowest BCUT2D eigenvalue weighted by Crippen LogP contribution is -2.00. The number of hydrogen-bond acceptors (Lipinski definition) is 5. The van der Waals surface area contributed by atoms with Crippen LogP contribution in [0, 0.1) is 0 Å². The van der Waals surface area contributed by atoms with Gasteiger partial charge in [0, 0.05) is 12.0 Å². The average Bonchev–Trinajstić information content (AvgIpc) is 3.20. The van der Waals surface area contributed by atoms with Crippen molar-refractivity contribution in [3.05, 3.63) is 71.6 Å². The molecule has 0 aliphatic rings. The van der Waals surface area contributed by atoms with Crippen LogP contribution in [0.4, 0.5) is 0 Å². The molecule has 0 saturated heterocycles. The highest BCUT2D eigenvalue weighted by Crippen LogP contribution is 2.20. The Morgan fingerprint density at radius 2 is 1.59 bits per heavy atom. The normalized spacial score (nSPS) is 10.7. The molecule has 1 heterocycles. The van der Waals surface area contributed by atoms with E-state index in [4.69, 9.17) is 9.15 Å². The zero-order valence-electron chi connectivity index (χ0n) is 15.6. The summed E-state index contributed by atoms with van der Waals surface area (Å²) in [4.78, 5) is 11.5. The van der Waals surface area contributed by atoms with Gasteiger partial charge in [-0.3, -0.25) is 0 Å². The first kappa shape index (κ1) is 18.8. The van der Waals surface area contributed by atoms with E-state index in [9.17, 15) is 4.79 Å². The van der Waals surface area contributed by atoms with Crippen molar-refractivity contribution in [2.75, 3.05) is 7.11 Å². The Kier molecular flexibility index (Phi) is 6.74. The molecular weight excluding hydrogens is 340 g/mol. The van der Waals surface area contributed by atoms with E-state index in [1.165, 1.54) is 25.5 Å². The fourth-order valence-electron chi connectivity index (χ4n) is 2.94. The molecule has 0 bridgehead atoms. The zero-order chi connectivity index (χ0) is 18.9. The van der Waals surface area contributed by atoms with E-state index in [0.717, 1.165) is 31.2 Å². The van der Waals surface area contributed by atoms with Crippen molar-refractivity contribution in [3.63, 3.8) is 0 Å². The minimum atomic E-state index is -0.361. The van der Waals surface area contributed by atoms with Crippen molar-refractivity contribution in [1.29, 1.82) is 0 Å². The van der Waals surface area contributed by atoms with Crippen molar-refractivity contribution >= 4 is 5.97 Å². The van der Waals surface area contributed by atoms with E-state index >= 15 is 0 Å². The van der Waals surface area contributed by atoms with Gasteiger partial charge in [0.15, 0.2) is 0 Å². The number of aryl methyl sites for hydroxylation is 2. The van der Waals surface area contributed by atoms with Crippen molar-refractivity contribution in [1.82, 2.24) is 10.2 Å². The number of methoxy groups -OCH3 is 1. The topological polar surface area (TPSA) is 65.2 Å². The standard InChI is InChI=1S/C22H24N2O3/c1-26-22(25)19-15-13-18(14-16-19)21-24-23-20(27-21)12-8-3-2-5-9-17-10-6-4-7-11-17/h4,6-7,10-11,13-16H,2-3,5,8-9,12H2,1H3. The third-order valence-electron chi connectivity index (χ3n) is 4.47. The molecule has 3 aromatic rings. The maximum Gasteiger partial charge on any atom is 0.337 e. The summed E-state index contributed by atoms with van der Waals surface area (Å²) in [6.07, 6.45) is 6.51. The second-order valence-electron chi connectivity index (χ2n) is 6.47. The molecule has 0 saturated carbocycles. The van der Waals surface area contributed by atoms with Gasteiger partial charge in [0.05, 0.1) is 12.7 Å². The van der Waals surface area contributed by atoms with E-state index in [1.807, 2.05) is 0 Å². The summed E-state index contributed by atoms with van der Waals surface area (Å²) in [5.74, 6) is 0.774. The van der Waals surface area contributed by atoms with Gasteiger partial charge in [0.25, 0.3) is 0 Å². The van der Waals surface area contributed by atoms with Crippen LogP contribution in [-0.2, 0) is 17.6 Å². The maximum absolute atomic E-state index is 11.5. The molecule has 0 radical (unpaired) electrons. The molecule has 0 aliphatic heterocycles. The van der Waals surface area contributed by atoms with Crippen LogP contribution in [0.1, 0.15) is 47.5 Å². The van der Waals surface area contributed by atoms with E-state index in [2.05, 4.69) is 40.5 Å². The Labute approximate surface area is 159 Å². The molecule has 5 nitrogen and oxygen atoms in total. The number of hydrogen-bond donors (Lipinski definition) is 0. The molecular formula is C22H24N2O3. The lowest BCUT2D eigenvalue weighted by Gasteiger charge is -2.01. The number of nitrogens with zero attached hydrogens (tertiary/aromatic N) is 2. The number of carbonyl (C=O) groups is 1. The van der Waals surface area contributed by atoms with Gasteiger partial charge in [0.1, 0.15) is 0 Å². The summed E-state index contributed by atoms with van der Waals surface area (Å²) in [5.41, 5.74) is 2.69. The lowest BCUT2D eigenvalue weighted by atomic mass is 10.1. The molecule has 5 heteroatoms. The summed E-state index contributed by atoms with van der Waals surface area (Å²) in [6, 6.07) is 17.5. The van der Waals surface area contributed by atoms with Gasteiger partial charge in [-0.2, -0.15) is 0 Å². The number of ether oxygens (including phenoxy) is 1. The van der Waals surface area contributed by atoms with Gasteiger partial charge in [-0.25, -0.2) is 4.79 Å². The molecule has 0 aliphatic carbocycles. The van der Waals surface area contributed by atoms with Gasteiger partial charge in [-0.1, -0.05) is 43.2 Å². The second kappa shape index (κ2) is 9.67. The van der Waals surface area contributed by atoms with Gasteiger partial charge in [-0.05, 0) is 49.1 Å². The van der Waals surface area contributed by atoms with Crippen LogP contribution in [0.3, 0.4) is 0 Å². The maximum atomic E-state index is 11.5. The highest BCUT2D eigenvalue weighted by molar-refractivity contribution is 5.89. The van der Waals surface area contributed by atoms with Gasteiger partial charge in [-0.15, -0.1) is 10.2 Å². The van der Waals surface area contributed by atoms with Crippen molar-refractivity contribution in [2.45, 2.75) is 38.5 Å². The van der Waals surface area contributed by atoms with E-state index in [-0.39, 0.29) is 5.97 Å². The number of carbonyl (C=O) groups excluding carboxylic acids is 1. The van der Waals surface area contributed by atoms with Crippen LogP contribution in [0.15, 0.2) is 59.0 Å². The van der Waals surface area contributed by atoms with Gasteiger partial charge < -0.3 is 9.15 Å². The molecule has 1 aromatic heterocycles. The second-order valence-corrected chi connectivity index (χ2v) is 6.47.